The van der Waals surface area contributed by atoms with Crippen LogP contribution in [0.25, 0.3) is 10.8 Å². The summed E-state index contributed by atoms with van der Waals surface area (Å²) in [6.07, 6.45) is 7.31. The molecule has 0 unspecified atom stereocenters. The van der Waals surface area contributed by atoms with Crippen LogP contribution in [0.15, 0.2) is 42.5 Å². The molecule has 20 heavy (non-hydrogen) atoms. The largest absolute Gasteiger partial charge is 0.494 e. The van der Waals surface area contributed by atoms with Crippen LogP contribution in [0.5, 0.6) is 5.75 Å². The van der Waals surface area contributed by atoms with Crippen LogP contribution >= 0.6 is 0 Å². The van der Waals surface area contributed by atoms with Gasteiger partial charge in [-0.2, -0.15) is 0 Å². The highest BCUT2D eigenvalue weighted by Crippen LogP contribution is 2.20. The van der Waals surface area contributed by atoms with Crippen molar-refractivity contribution >= 4 is 17.1 Å². The molecule has 0 amide bonds. The van der Waals surface area contributed by atoms with Gasteiger partial charge in [-0.05, 0) is 35.7 Å². The number of fused-ring (bicyclic) bond motifs is 1. The van der Waals surface area contributed by atoms with Crippen LogP contribution in [0, 0.1) is 0 Å². The number of ether oxygens (including phenoxy) is 1. The molecule has 2 heteroatoms. The first-order chi connectivity index (χ1) is 9.90. The number of rotatable bonds is 9. The van der Waals surface area contributed by atoms with Crippen molar-refractivity contribution in [3.8, 4) is 5.75 Å². The van der Waals surface area contributed by atoms with Gasteiger partial charge in [0.2, 0.25) is 0 Å². The average molecular weight is 270 g/mol. The van der Waals surface area contributed by atoms with Gasteiger partial charge in [-0.15, -0.1) is 0 Å². The molecule has 0 aliphatic rings. The Hall–Kier alpha value is -1.83. The fourth-order valence-corrected chi connectivity index (χ4v) is 2.31. The third kappa shape index (κ3) is 4.69. The number of hydrogen-bond donors (Lipinski definition) is 0. The van der Waals surface area contributed by atoms with Crippen molar-refractivity contribution in [3.63, 3.8) is 0 Å². The highest BCUT2D eigenvalue weighted by atomic mass is 16.5. The van der Waals surface area contributed by atoms with Gasteiger partial charge in [0.15, 0.2) is 0 Å². The predicted octanol–water partition coefficient (Wildman–Crippen LogP) is 4.76. The summed E-state index contributed by atoms with van der Waals surface area (Å²) < 4.78 is 5.79. The molecule has 0 heterocycles. The zero-order valence-electron chi connectivity index (χ0n) is 11.9. The maximum absolute atomic E-state index is 10.2. The lowest BCUT2D eigenvalue weighted by Crippen LogP contribution is -1.97. The van der Waals surface area contributed by atoms with Gasteiger partial charge in [0, 0.05) is 6.42 Å². The van der Waals surface area contributed by atoms with Gasteiger partial charge < -0.3 is 9.53 Å². The van der Waals surface area contributed by atoms with E-state index >= 15 is 0 Å². The smallest absolute Gasteiger partial charge is 0.119 e. The van der Waals surface area contributed by atoms with Crippen LogP contribution in [0.2, 0.25) is 0 Å². The van der Waals surface area contributed by atoms with Gasteiger partial charge >= 0.3 is 0 Å². The standard InChI is InChI=1S/C18H22O2/c19-13-7-3-1-2-4-8-14-20-18-12-11-16-9-5-6-10-17(16)15-18/h5-6,9-13,15H,1-4,7-8,14H2. The van der Waals surface area contributed by atoms with Crippen molar-refractivity contribution < 1.29 is 9.53 Å². The Labute approximate surface area is 120 Å². The Morgan fingerprint density at radius 1 is 0.850 bits per heavy atom. The summed E-state index contributed by atoms with van der Waals surface area (Å²) in [5.41, 5.74) is 0. The molecular formula is C18H22O2. The van der Waals surface area contributed by atoms with E-state index in [4.69, 9.17) is 4.74 Å². The monoisotopic (exact) mass is 270 g/mol. The number of aldehydes is 1. The van der Waals surface area contributed by atoms with Gasteiger partial charge in [-0.1, -0.05) is 49.6 Å². The Kier molecular flexibility index (Phi) is 6.09. The van der Waals surface area contributed by atoms with Crippen molar-refractivity contribution in [1.29, 1.82) is 0 Å². The van der Waals surface area contributed by atoms with Gasteiger partial charge in [-0.25, -0.2) is 0 Å². The fourth-order valence-electron chi connectivity index (χ4n) is 2.31. The Balaban J connectivity index is 1.66. The molecule has 0 fully saturated rings. The van der Waals surface area contributed by atoms with Crippen LogP contribution < -0.4 is 4.74 Å². The Bertz CT molecular complexity index is 534. The maximum atomic E-state index is 10.2. The minimum atomic E-state index is 0.702. The summed E-state index contributed by atoms with van der Waals surface area (Å²) in [4.78, 5) is 10.2. The van der Waals surface area contributed by atoms with Crippen molar-refractivity contribution in [2.45, 2.75) is 38.5 Å². The molecular weight excluding hydrogens is 248 g/mol. The van der Waals surface area contributed by atoms with E-state index < -0.39 is 0 Å². The molecule has 0 aliphatic heterocycles. The molecule has 2 aromatic rings. The highest BCUT2D eigenvalue weighted by Gasteiger charge is 1.97. The van der Waals surface area contributed by atoms with Crippen molar-refractivity contribution in [2.24, 2.45) is 0 Å². The minimum Gasteiger partial charge on any atom is -0.494 e. The van der Waals surface area contributed by atoms with Crippen LogP contribution in [0.1, 0.15) is 38.5 Å². The lowest BCUT2D eigenvalue weighted by atomic mass is 10.1. The first-order valence-corrected chi connectivity index (χ1v) is 7.45. The minimum absolute atomic E-state index is 0.702. The lowest BCUT2D eigenvalue weighted by Gasteiger charge is -2.07. The van der Waals surface area contributed by atoms with Crippen molar-refractivity contribution in [3.05, 3.63) is 42.5 Å². The number of benzene rings is 2. The second-order valence-electron chi connectivity index (χ2n) is 5.08. The second-order valence-corrected chi connectivity index (χ2v) is 5.08. The molecule has 0 N–H and O–H groups in total. The van der Waals surface area contributed by atoms with Crippen molar-refractivity contribution in [2.75, 3.05) is 6.61 Å². The van der Waals surface area contributed by atoms with E-state index in [9.17, 15) is 4.79 Å². The molecule has 0 atom stereocenters. The van der Waals surface area contributed by atoms with E-state index in [0.29, 0.717) is 6.42 Å². The lowest BCUT2D eigenvalue weighted by molar-refractivity contribution is -0.107. The zero-order valence-corrected chi connectivity index (χ0v) is 11.9. The molecule has 2 aromatic carbocycles. The normalized spacial score (nSPS) is 10.6. The van der Waals surface area contributed by atoms with Gasteiger partial charge in [0.05, 0.1) is 6.61 Å². The Morgan fingerprint density at radius 2 is 1.60 bits per heavy atom. The molecule has 2 nitrogen and oxygen atoms in total. The second kappa shape index (κ2) is 8.36. The van der Waals surface area contributed by atoms with Crippen LogP contribution in [0.3, 0.4) is 0 Å². The molecule has 0 radical (unpaired) electrons. The first kappa shape index (κ1) is 14.6. The zero-order chi connectivity index (χ0) is 14.0. The number of hydrogen-bond acceptors (Lipinski definition) is 2. The molecule has 106 valence electrons. The molecule has 0 saturated heterocycles. The van der Waals surface area contributed by atoms with E-state index in [1.807, 2.05) is 18.2 Å². The number of unbranched alkanes of at least 4 members (excludes halogenated alkanes) is 5. The van der Waals surface area contributed by atoms with E-state index in [1.54, 1.807) is 0 Å². The topological polar surface area (TPSA) is 26.3 Å². The maximum Gasteiger partial charge on any atom is 0.119 e. The van der Waals surface area contributed by atoms with Crippen LogP contribution in [0.4, 0.5) is 0 Å². The summed E-state index contributed by atoms with van der Waals surface area (Å²) in [5.74, 6) is 0.949. The van der Waals surface area contributed by atoms with E-state index in [2.05, 4.69) is 24.3 Å². The summed E-state index contributed by atoms with van der Waals surface area (Å²) in [6, 6.07) is 14.5. The predicted molar refractivity (Wildman–Crippen MR) is 83.2 cm³/mol. The summed E-state index contributed by atoms with van der Waals surface area (Å²) >= 11 is 0. The molecule has 0 aliphatic carbocycles. The van der Waals surface area contributed by atoms with E-state index in [1.165, 1.54) is 23.6 Å². The average Bonchev–Trinajstić information content (AvgIpc) is 2.50. The summed E-state index contributed by atoms with van der Waals surface area (Å²) in [7, 11) is 0. The summed E-state index contributed by atoms with van der Waals surface area (Å²) in [6.45, 7) is 0.770. The van der Waals surface area contributed by atoms with Crippen molar-refractivity contribution in [1.82, 2.24) is 0 Å². The van der Waals surface area contributed by atoms with E-state index in [-0.39, 0.29) is 0 Å². The SMILES string of the molecule is O=CCCCCCCCOc1ccc2ccccc2c1. The number of carbonyl (C=O) groups is 1. The molecule has 2 rings (SSSR count). The quantitative estimate of drug-likeness (QED) is 0.485. The van der Waals surface area contributed by atoms with Crippen LogP contribution in [-0.2, 0) is 4.79 Å². The molecule has 0 spiro atoms. The Morgan fingerprint density at radius 3 is 2.45 bits per heavy atom. The molecule has 0 aromatic heterocycles. The van der Waals surface area contributed by atoms with E-state index in [0.717, 1.165) is 37.9 Å². The summed E-state index contributed by atoms with van der Waals surface area (Å²) in [5, 5.41) is 2.47. The third-order valence-electron chi connectivity index (χ3n) is 3.46. The number of carbonyl (C=O) groups excluding carboxylic acids is 1. The van der Waals surface area contributed by atoms with Gasteiger partial charge in [0.1, 0.15) is 12.0 Å². The van der Waals surface area contributed by atoms with Gasteiger partial charge in [0.25, 0.3) is 0 Å². The highest BCUT2D eigenvalue weighted by molar-refractivity contribution is 5.83. The first-order valence-electron chi connectivity index (χ1n) is 7.45. The van der Waals surface area contributed by atoms with Crippen LogP contribution in [-0.4, -0.2) is 12.9 Å². The molecule has 0 bridgehead atoms. The fraction of sp³-hybridized carbons (Fsp3) is 0.389. The molecule has 0 saturated carbocycles. The van der Waals surface area contributed by atoms with Gasteiger partial charge in [-0.3, -0.25) is 0 Å². The third-order valence-corrected chi connectivity index (χ3v) is 3.46.